The van der Waals surface area contributed by atoms with Crippen molar-refractivity contribution in [1.82, 2.24) is 5.32 Å². The molecule has 0 heterocycles. The van der Waals surface area contributed by atoms with E-state index in [4.69, 9.17) is 15.9 Å². The van der Waals surface area contributed by atoms with Crippen molar-refractivity contribution in [3.8, 4) is 18.1 Å². The van der Waals surface area contributed by atoms with Crippen molar-refractivity contribution in [3.05, 3.63) is 28.2 Å². The average molecular weight is 382 g/mol. The fraction of sp³-hybridized carbons (Fsp3) is 0.312. The number of hydrogen-bond acceptors (Lipinski definition) is 5. The number of nitrogens with one attached hydrogen (secondary N) is 1. The third-order valence-electron chi connectivity index (χ3n) is 2.77. The Balaban J connectivity index is 2.47. The van der Waals surface area contributed by atoms with Crippen LogP contribution in [0.4, 0.5) is 0 Å². The monoisotopic (exact) mass is 381 g/mol. The Morgan fingerprint density at radius 1 is 1.30 bits per heavy atom. The molecule has 122 valence electrons. The molecular weight excluding hydrogens is 366 g/mol. The van der Waals surface area contributed by atoms with Crippen LogP contribution in [0.3, 0.4) is 0 Å². The van der Waals surface area contributed by atoms with Crippen molar-refractivity contribution in [3.63, 3.8) is 0 Å². The Kier molecular flexibility index (Phi) is 7.84. The Morgan fingerprint density at radius 2 is 2.04 bits per heavy atom. The van der Waals surface area contributed by atoms with E-state index in [0.29, 0.717) is 11.3 Å². The van der Waals surface area contributed by atoms with Gasteiger partial charge in [0.25, 0.3) is 5.91 Å². The van der Waals surface area contributed by atoms with Gasteiger partial charge in [-0.1, -0.05) is 21.9 Å². The van der Waals surface area contributed by atoms with E-state index in [1.807, 2.05) is 0 Å². The van der Waals surface area contributed by atoms with Crippen molar-refractivity contribution in [1.29, 1.82) is 0 Å². The molecule has 0 saturated heterocycles. The molecule has 1 amide bonds. The van der Waals surface area contributed by atoms with E-state index in [2.05, 4.69) is 27.2 Å². The molecule has 0 radical (unpaired) electrons. The molecule has 0 aliphatic carbocycles. The van der Waals surface area contributed by atoms with E-state index in [1.165, 1.54) is 7.11 Å². The number of esters is 1. The molecular formula is C16H16BrNO5. The maximum Gasteiger partial charge on any atom is 0.306 e. The minimum atomic E-state index is -0.636. The molecule has 1 aromatic rings. The van der Waals surface area contributed by atoms with Gasteiger partial charge in [0.1, 0.15) is 5.75 Å². The van der Waals surface area contributed by atoms with Crippen LogP contribution in [-0.2, 0) is 14.3 Å². The quantitative estimate of drug-likeness (QED) is 0.421. The van der Waals surface area contributed by atoms with Crippen molar-refractivity contribution < 1.29 is 23.9 Å². The van der Waals surface area contributed by atoms with Gasteiger partial charge in [0.05, 0.1) is 25.6 Å². The Hall–Kier alpha value is -2.33. The van der Waals surface area contributed by atoms with Crippen molar-refractivity contribution in [2.24, 2.45) is 0 Å². The lowest BCUT2D eigenvalue weighted by Crippen LogP contribution is -2.29. The molecule has 0 fully saturated rings. The third kappa shape index (κ3) is 6.53. The van der Waals surface area contributed by atoms with Crippen molar-refractivity contribution in [2.45, 2.75) is 12.8 Å². The summed E-state index contributed by atoms with van der Waals surface area (Å²) in [4.78, 5) is 34.9. The second-order valence-corrected chi connectivity index (χ2v) is 5.32. The minimum Gasteiger partial charge on any atom is -0.496 e. The first kappa shape index (κ1) is 18.7. The lowest BCUT2D eigenvalue weighted by molar-refractivity contribution is -0.148. The predicted molar refractivity (Wildman–Crippen MR) is 87.1 cm³/mol. The molecule has 0 aromatic heterocycles. The van der Waals surface area contributed by atoms with Crippen LogP contribution >= 0.6 is 15.9 Å². The van der Waals surface area contributed by atoms with Gasteiger partial charge in [0, 0.05) is 10.9 Å². The summed E-state index contributed by atoms with van der Waals surface area (Å²) in [5.41, 5.74) is 0.376. The molecule has 0 aliphatic heterocycles. The second kappa shape index (κ2) is 9.64. The molecule has 0 aliphatic rings. The summed E-state index contributed by atoms with van der Waals surface area (Å²) in [6.07, 6.45) is 4.81. The normalized spacial score (nSPS) is 9.61. The molecule has 0 saturated carbocycles. The molecule has 6 nitrogen and oxygen atoms in total. The molecule has 0 unspecified atom stereocenters. The number of carbonyl (C=O) groups excluding carboxylic acids is 3. The van der Waals surface area contributed by atoms with Crippen LogP contribution in [0.2, 0.25) is 0 Å². The topological polar surface area (TPSA) is 81.7 Å². The number of terminal acetylenes is 1. The summed E-state index contributed by atoms with van der Waals surface area (Å²) < 4.78 is 10.6. The SMILES string of the molecule is C#CCNC(=O)COC(=O)CCC(=O)c1cc(Br)ccc1OC. The lowest BCUT2D eigenvalue weighted by Gasteiger charge is -2.08. The number of ether oxygens (including phenoxy) is 2. The molecule has 23 heavy (non-hydrogen) atoms. The van der Waals surface area contributed by atoms with E-state index >= 15 is 0 Å². The van der Waals surface area contributed by atoms with Gasteiger partial charge in [0.2, 0.25) is 0 Å². The highest BCUT2D eigenvalue weighted by molar-refractivity contribution is 9.10. The van der Waals surface area contributed by atoms with Crippen LogP contribution in [0.1, 0.15) is 23.2 Å². The Labute approximate surface area is 142 Å². The molecule has 0 atom stereocenters. The van der Waals surface area contributed by atoms with E-state index in [9.17, 15) is 14.4 Å². The standard InChI is InChI=1S/C16H16BrNO5/c1-3-8-18-15(20)10-23-16(21)7-5-13(19)12-9-11(17)4-6-14(12)22-2/h1,4,6,9H,5,7-8,10H2,2H3,(H,18,20). The van der Waals surface area contributed by atoms with E-state index < -0.39 is 18.5 Å². The lowest BCUT2D eigenvalue weighted by atomic mass is 10.1. The number of methoxy groups -OCH3 is 1. The number of amides is 1. The van der Waals surface area contributed by atoms with Crippen molar-refractivity contribution >= 4 is 33.6 Å². The Morgan fingerprint density at radius 3 is 2.70 bits per heavy atom. The van der Waals surface area contributed by atoms with Gasteiger partial charge in [-0.3, -0.25) is 14.4 Å². The number of rotatable bonds is 8. The summed E-state index contributed by atoms with van der Waals surface area (Å²) >= 11 is 3.28. The first-order valence-corrected chi connectivity index (χ1v) is 7.49. The summed E-state index contributed by atoms with van der Waals surface area (Å²) in [6.45, 7) is -0.355. The first-order chi connectivity index (χ1) is 11.0. The number of Topliss-reactive ketones (excluding diaryl/α,β-unsaturated/α-hetero) is 1. The van der Waals surface area contributed by atoms with E-state index in [0.717, 1.165) is 4.47 Å². The molecule has 0 bridgehead atoms. The number of halogens is 1. The van der Waals surface area contributed by atoms with E-state index in [1.54, 1.807) is 18.2 Å². The zero-order valence-electron chi connectivity index (χ0n) is 12.6. The van der Waals surface area contributed by atoms with Crippen LogP contribution in [0, 0.1) is 12.3 Å². The summed E-state index contributed by atoms with van der Waals surface area (Å²) in [6, 6.07) is 5.03. The summed E-state index contributed by atoms with van der Waals surface area (Å²) in [7, 11) is 1.46. The van der Waals surface area contributed by atoms with Gasteiger partial charge >= 0.3 is 5.97 Å². The van der Waals surface area contributed by atoms with Crippen LogP contribution in [0.25, 0.3) is 0 Å². The van der Waals surface area contributed by atoms with Gasteiger partial charge in [0.15, 0.2) is 12.4 Å². The fourth-order valence-corrected chi connectivity index (χ4v) is 2.03. The van der Waals surface area contributed by atoms with Gasteiger partial charge in [-0.05, 0) is 18.2 Å². The maximum atomic E-state index is 12.2. The average Bonchev–Trinajstić information content (AvgIpc) is 2.55. The largest absolute Gasteiger partial charge is 0.496 e. The second-order valence-electron chi connectivity index (χ2n) is 4.41. The number of hydrogen-bond donors (Lipinski definition) is 1. The van der Waals surface area contributed by atoms with E-state index in [-0.39, 0.29) is 25.2 Å². The zero-order valence-corrected chi connectivity index (χ0v) is 14.1. The van der Waals surface area contributed by atoms with Gasteiger partial charge in [-0.2, -0.15) is 0 Å². The maximum absolute atomic E-state index is 12.2. The summed E-state index contributed by atoms with van der Waals surface area (Å²) in [5.74, 6) is 1.28. The highest BCUT2D eigenvalue weighted by Crippen LogP contribution is 2.24. The summed E-state index contributed by atoms with van der Waals surface area (Å²) in [5, 5.41) is 2.36. The van der Waals surface area contributed by atoms with Crippen LogP contribution in [0.15, 0.2) is 22.7 Å². The molecule has 1 N–H and O–H groups in total. The predicted octanol–water partition coefficient (Wildman–Crippen LogP) is 1.71. The van der Waals surface area contributed by atoms with Gasteiger partial charge < -0.3 is 14.8 Å². The van der Waals surface area contributed by atoms with Crippen LogP contribution < -0.4 is 10.1 Å². The zero-order chi connectivity index (χ0) is 17.2. The molecule has 7 heteroatoms. The fourth-order valence-electron chi connectivity index (χ4n) is 1.67. The smallest absolute Gasteiger partial charge is 0.306 e. The molecule has 1 aromatic carbocycles. The van der Waals surface area contributed by atoms with Crippen LogP contribution in [0.5, 0.6) is 5.75 Å². The highest BCUT2D eigenvalue weighted by atomic mass is 79.9. The first-order valence-electron chi connectivity index (χ1n) is 6.70. The Bertz CT molecular complexity index is 636. The van der Waals surface area contributed by atoms with Crippen molar-refractivity contribution in [2.75, 3.05) is 20.3 Å². The van der Waals surface area contributed by atoms with Crippen LogP contribution in [-0.4, -0.2) is 37.9 Å². The third-order valence-corrected chi connectivity index (χ3v) is 3.26. The molecule has 0 spiro atoms. The number of ketones is 1. The highest BCUT2D eigenvalue weighted by Gasteiger charge is 2.15. The molecule has 1 rings (SSSR count). The number of benzene rings is 1. The number of carbonyl (C=O) groups is 3. The van der Waals surface area contributed by atoms with Gasteiger partial charge in [-0.15, -0.1) is 6.42 Å². The van der Waals surface area contributed by atoms with Gasteiger partial charge in [-0.25, -0.2) is 0 Å². The minimum absolute atomic E-state index is 0.0440.